The molecule has 1 fully saturated rings. The fraction of sp³-hybridized carbons (Fsp3) is 0.667. The summed E-state index contributed by atoms with van der Waals surface area (Å²) in [6, 6.07) is 0. The molecule has 84 valence electrons. The van der Waals surface area contributed by atoms with Crippen molar-refractivity contribution in [3.8, 4) is 0 Å². The van der Waals surface area contributed by atoms with Gasteiger partial charge in [0.1, 0.15) is 5.78 Å². The summed E-state index contributed by atoms with van der Waals surface area (Å²) in [6.45, 7) is -1.99. The van der Waals surface area contributed by atoms with Gasteiger partial charge in [-0.3, -0.25) is 9.59 Å². The van der Waals surface area contributed by atoms with Crippen LogP contribution >= 0.6 is 0 Å². The van der Waals surface area contributed by atoms with E-state index in [0.717, 1.165) is 0 Å². The van der Waals surface area contributed by atoms with Gasteiger partial charge < -0.3 is 5.11 Å². The first kappa shape index (κ1) is 8.08. The van der Waals surface area contributed by atoms with Crippen molar-refractivity contribution in [2.75, 3.05) is 0 Å². The van der Waals surface area contributed by atoms with E-state index in [9.17, 15) is 9.59 Å². The lowest BCUT2D eigenvalue weighted by atomic mass is 9.89. The van der Waals surface area contributed by atoms with Gasteiger partial charge in [0.25, 0.3) is 0 Å². The van der Waals surface area contributed by atoms with Crippen LogP contribution in [0.5, 0.6) is 0 Å². The molecule has 3 nitrogen and oxygen atoms in total. The normalized spacial score (nSPS) is 30.1. The Balaban J connectivity index is 2.47. The third kappa shape index (κ3) is 3.50. The standard InChI is InChI=1S/C12H18O3/c1-2-3-4-5-10-9(8-12(14)15)6-7-11(10)13/h3-4,9-10H,2,5-8H2,1H3,(H,14,15)/b4-3-/t9-,10-/m1/s1/i1D3. The van der Waals surface area contributed by atoms with Gasteiger partial charge in [-0.1, -0.05) is 19.0 Å². The number of rotatable bonds is 5. The molecule has 15 heavy (non-hydrogen) atoms. The van der Waals surface area contributed by atoms with Gasteiger partial charge in [-0.2, -0.15) is 0 Å². The highest BCUT2D eigenvalue weighted by Gasteiger charge is 2.34. The minimum atomic E-state index is -1.99. The first-order chi connectivity index (χ1) is 8.29. The van der Waals surface area contributed by atoms with Gasteiger partial charge in [0.2, 0.25) is 0 Å². The first-order valence-electron chi connectivity index (χ1n) is 6.69. The second kappa shape index (κ2) is 5.69. The van der Waals surface area contributed by atoms with Crippen molar-refractivity contribution in [2.45, 2.75) is 39.0 Å². The van der Waals surface area contributed by atoms with Crippen LogP contribution in [0.3, 0.4) is 0 Å². The van der Waals surface area contributed by atoms with Crippen molar-refractivity contribution in [1.29, 1.82) is 0 Å². The Morgan fingerprint density at radius 3 is 3.13 bits per heavy atom. The highest BCUT2D eigenvalue weighted by Crippen LogP contribution is 2.33. The Hall–Kier alpha value is -1.12. The van der Waals surface area contributed by atoms with E-state index in [1.807, 2.05) is 0 Å². The maximum Gasteiger partial charge on any atom is 0.303 e. The summed E-state index contributed by atoms with van der Waals surface area (Å²) in [5, 5.41) is 8.75. The van der Waals surface area contributed by atoms with Crippen molar-refractivity contribution >= 4 is 11.8 Å². The molecule has 0 aromatic heterocycles. The minimum Gasteiger partial charge on any atom is -0.481 e. The number of hydrogen-bond donors (Lipinski definition) is 1. The summed E-state index contributed by atoms with van der Waals surface area (Å²) in [6.07, 6.45) is 4.76. The fourth-order valence-electron chi connectivity index (χ4n) is 2.10. The highest BCUT2D eigenvalue weighted by atomic mass is 16.4. The zero-order valence-corrected chi connectivity index (χ0v) is 8.61. The Morgan fingerprint density at radius 1 is 1.67 bits per heavy atom. The van der Waals surface area contributed by atoms with Crippen LogP contribution in [0.1, 0.15) is 43.1 Å². The van der Waals surface area contributed by atoms with E-state index in [1.54, 1.807) is 12.2 Å². The highest BCUT2D eigenvalue weighted by molar-refractivity contribution is 5.84. The van der Waals surface area contributed by atoms with E-state index in [2.05, 4.69) is 0 Å². The average molecular weight is 213 g/mol. The minimum absolute atomic E-state index is 0.0164. The number of carbonyl (C=O) groups excluding carboxylic acids is 1. The molecule has 2 atom stereocenters. The molecule has 0 radical (unpaired) electrons. The average Bonchev–Trinajstić information content (AvgIpc) is 2.53. The van der Waals surface area contributed by atoms with Crippen molar-refractivity contribution in [2.24, 2.45) is 11.8 Å². The maximum atomic E-state index is 11.6. The number of hydrogen-bond acceptors (Lipinski definition) is 2. The Kier molecular flexibility index (Phi) is 3.06. The third-order valence-corrected chi connectivity index (χ3v) is 2.86. The molecule has 0 spiro atoms. The lowest BCUT2D eigenvalue weighted by Crippen LogP contribution is -2.17. The first-order valence-corrected chi connectivity index (χ1v) is 5.19. The molecule has 3 heteroatoms. The van der Waals surface area contributed by atoms with Crippen LogP contribution < -0.4 is 0 Å². The molecule has 1 rings (SSSR count). The van der Waals surface area contributed by atoms with Crippen LogP contribution in [-0.2, 0) is 9.59 Å². The maximum absolute atomic E-state index is 11.6. The summed E-state index contributed by atoms with van der Waals surface area (Å²) in [5.74, 6) is -1.15. The van der Waals surface area contributed by atoms with Gasteiger partial charge >= 0.3 is 5.97 Å². The summed E-state index contributed by atoms with van der Waals surface area (Å²) >= 11 is 0. The van der Waals surface area contributed by atoms with Crippen LogP contribution in [-0.4, -0.2) is 16.9 Å². The number of carboxylic acids is 1. The topological polar surface area (TPSA) is 54.4 Å². The van der Waals surface area contributed by atoms with Crippen molar-refractivity contribution in [1.82, 2.24) is 0 Å². The summed E-state index contributed by atoms with van der Waals surface area (Å²) in [4.78, 5) is 22.3. The van der Waals surface area contributed by atoms with Crippen LogP contribution in [0.2, 0.25) is 0 Å². The zero-order valence-electron chi connectivity index (χ0n) is 11.6. The third-order valence-electron chi connectivity index (χ3n) is 2.86. The fourth-order valence-corrected chi connectivity index (χ4v) is 2.10. The molecule has 0 amide bonds. The van der Waals surface area contributed by atoms with Crippen LogP contribution in [0.15, 0.2) is 12.2 Å². The SMILES string of the molecule is [2H]C([2H])([2H])C/C=C\C[C@H]1C(=O)CC[C@@H]1CC(=O)O. The molecule has 0 aromatic carbocycles. The lowest BCUT2D eigenvalue weighted by molar-refractivity contribution is -0.138. The molecule has 1 saturated carbocycles. The van der Waals surface area contributed by atoms with E-state index in [4.69, 9.17) is 9.22 Å². The van der Waals surface area contributed by atoms with E-state index in [-0.39, 0.29) is 30.5 Å². The van der Waals surface area contributed by atoms with Gasteiger partial charge in [0.15, 0.2) is 0 Å². The van der Waals surface area contributed by atoms with Gasteiger partial charge in [-0.05, 0) is 25.2 Å². The molecule has 0 aliphatic heterocycles. The Bertz CT molecular complexity index is 347. The number of carbonyl (C=O) groups is 2. The molecule has 0 heterocycles. The predicted octanol–water partition coefficient (Wildman–Crippen LogP) is 2.41. The molecule has 1 aliphatic rings. The molecule has 1 aliphatic carbocycles. The molecule has 0 unspecified atom stereocenters. The Labute approximate surface area is 94.4 Å². The van der Waals surface area contributed by atoms with E-state index in [1.165, 1.54) is 0 Å². The molecule has 0 aromatic rings. The van der Waals surface area contributed by atoms with Gasteiger partial charge in [0, 0.05) is 22.9 Å². The number of allylic oxidation sites excluding steroid dienone is 2. The zero-order chi connectivity index (χ0) is 13.8. The number of aliphatic carboxylic acids is 1. The second-order valence-corrected chi connectivity index (χ2v) is 3.88. The van der Waals surface area contributed by atoms with Crippen molar-refractivity contribution < 1.29 is 18.8 Å². The number of ketones is 1. The van der Waals surface area contributed by atoms with Crippen molar-refractivity contribution in [3.05, 3.63) is 12.2 Å². The van der Waals surface area contributed by atoms with Crippen LogP contribution in [0.25, 0.3) is 0 Å². The molecule has 1 N–H and O–H groups in total. The lowest BCUT2D eigenvalue weighted by Gasteiger charge is -2.14. The largest absolute Gasteiger partial charge is 0.481 e. The van der Waals surface area contributed by atoms with Crippen molar-refractivity contribution in [3.63, 3.8) is 0 Å². The summed E-state index contributed by atoms with van der Waals surface area (Å²) in [7, 11) is 0. The predicted molar refractivity (Wildman–Crippen MR) is 57.5 cm³/mol. The smallest absolute Gasteiger partial charge is 0.303 e. The summed E-state index contributed by atoms with van der Waals surface area (Å²) in [5.41, 5.74) is 0. The van der Waals surface area contributed by atoms with E-state index in [0.29, 0.717) is 19.3 Å². The second-order valence-electron chi connectivity index (χ2n) is 3.88. The van der Waals surface area contributed by atoms with E-state index >= 15 is 0 Å². The summed E-state index contributed by atoms with van der Waals surface area (Å²) < 4.78 is 21.1. The molecule has 0 saturated heterocycles. The van der Waals surface area contributed by atoms with Crippen LogP contribution in [0, 0.1) is 11.8 Å². The quantitative estimate of drug-likeness (QED) is 0.713. The molecular formula is C12H18O3. The van der Waals surface area contributed by atoms with Gasteiger partial charge in [0.05, 0.1) is 0 Å². The van der Waals surface area contributed by atoms with Gasteiger partial charge in [-0.15, -0.1) is 0 Å². The van der Waals surface area contributed by atoms with Gasteiger partial charge in [-0.25, -0.2) is 0 Å². The molecular weight excluding hydrogens is 192 g/mol. The Morgan fingerprint density at radius 2 is 2.47 bits per heavy atom. The monoisotopic (exact) mass is 213 g/mol. The number of carboxylic acid groups (broad SMARTS) is 1. The molecule has 0 bridgehead atoms. The number of Topliss-reactive ketones (excluding diaryl/α,β-unsaturated/α-hetero) is 1. The van der Waals surface area contributed by atoms with Crippen LogP contribution in [0.4, 0.5) is 0 Å². The van der Waals surface area contributed by atoms with E-state index < -0.39 is 12.8 Å².